The highest BCUT2D eigenvalue weighted by atomic mass is 79.9. The second-order valence-corrected chi connectivity index (χ2v) is 14.3. The summed E-state index contributed by atoms with van der Waals surface area (Å²) in [4.78, 5) is 12.7. The number of ether oxygens (including phenoxy) is 2. The highest BCUT2D eigenvalue weighted by Crippen LogP contribution is 2.68. The van der Waals surface area contributed by atoms with E-state index in [-0.39, 0.29) is 11.3 Å². The summed E-state index contributed by atoms with van der Waals surface area (Å²) in [5, 5.41) is 3.08. The molecule has 0 aromatic heterocycles. The van der Waals surface area contributed by atoms with Gasteiger partial charge in [0, 0.05) is 30.8 Å². The molecule has 4 nitrogen and oxygen atoms in total. The topological polar surface area (TPSA) is 47.6 Å². The molecule has 1 aromatic rings. The first-order valence-corrected chi connectivity index (χ1v) is 15.6. The third-order valence-electron chi connectivity index (χ3n) is 12.0. The Hall–Kier alpha value is -0.910. The van der Waals surface area contributed by atoms with Gasteiger partial charge in [-0.25, -0.2) is 0 Å². The fraction of sp³-hybridized carbons (Fsp3) is 0.781. The van der Waals surface area contributed by atoms with Crippen LogP contribution in [0.4, 0.5) is 5.69 Å². The molecule has 10 atom stereocenters. The van der Waals surface area contributed by atoms with E-state index in [0.717, 1.165) is 40.3 Å². The smallest absolute Gasteiger partial charge is 0.224 e. The first-order valence-electron chi connectivity index (χ1n) is 14.8. The number of fused-ring (bicyclic) bond motifs is 5. The van der Waals surface area contributed by atoms with Crippen molar-refractivity contribution < 1.29 is 14.3 Å². The van der Waals surface area contributed by atoms with Crippen LogP contribution in [-0.2, 0) is 14.3 Å². The number of carbonyl (C=O) groups is 1. The number of amides is 1. The number of benzene rings is 1. The predicted octanol–water partition coefficient (Wildman–Crippen LogP) is 8.10. The number of halogens is 1. The summed E-state index contributed by atoms with van der Waals surface area (Å²) in [6.45, 7) is 7.58. The van der Waals surface area contributed by atoms with Crippen LogP contribution in [0, 0.1) is 46.3 Å². The molecule has 1 amide bonds. The minimum atomic E-state index is 0.124. The van der Waals surface area contributed by atoms with Crippen molar-refractivity contribution in [1.29, 1.82) is 0 Å². The van der Waals surface area contributed by atoms with Gasteiger partial charge in [-0.05, 0) is 128 Å². The van der Waals surface area contributed by atoms with Gasteiger partial charge in [0.2, 0.25) is 5.91 Å². The van der Waals surface area contributed by atoms with Gasteiger partial charge < -0.3 is 14.8 Å². The van der Waals surface area contributed by atoms with E-state index in [1.807, 2.05) is 38.5 Å². The molecule has 4 aliphatic carbocycles. The fourth-order valence-corrected chi connectivity index (χ4v) is 10.3. The van der Waals surface area contributed by atoms with Crippen LogP contribution >= 0.6 is 15.9 Å². The number of hydrogen-bond donors (Lipinski definition) is 1. The Balaban J connectivity index is 1.27. The maximum atomic E-state index is 12.7. The average molecular weight is 575 g/mol. The standard InChI is InChI=1S/C32H48BrNO3/c1-20(6-15-30(35)34-23-10-8-22(33)9-11-23)26-13-14-27-25-12-7-21-18-24(36-4)16-17-31(21,2)28(25)19-29(37-5)32(26,27)3/h8-11,20-21,24-29H,6-7,12-19H2,1-5H3,(H,34,35)/t20-,21-,24-,25+,26-,27+,28+,29+,31+,32-/m1/s1. The molecule has 0 saturated heterocycles. The number of hydrogen-bond acceptors (Lipinski definition) is 3. The normalized spacial score (nSPS) is 41.8. The Labute approximate surface area is 233 Å². The van der Waals surface area contributed by atoms with Crippen molar-refractivity contribution >= 4 is 27.5 Å². The summed E-state index contributed by atoms with van der Waals surface area (Å²) < 4.78 is 13.2. The number of anilines is 1. The van der Waals surface area contributed by atoms with Crippen LogP contribution in [0.3, 0.4) is 0 Å². The second-order valence-electron chi connectivity index (χ2n) is 13.4. The molecule has 0 heterocycles. The zero-order valence-electron chi connectivity index (χ0n) is 23.6. The van der Waals surface area contributed by atoms with E-state index >= 15 is 0 Å². The first kappa shape index (κ1) is 27.6. The van der Waals surface area contributed by atoms with Gasteiger partial charge in [-0.1, -0.05) is 36.7 Å². The van der Waals surface area contributed by atoms with Crippen molar-refractivity contribution in [3.63, 3.8) is 0 Å². The molecule has 4 aliphatic rings. The van der Waals surface area contributed by atoms with Crippen LogP contribution in [0.15, 0.2) is 28.7 Å². The third kappa shape index (κ3) is 4.95. The molecular formula is C32H48BrNO3. The molecule has 0 unspecified atom stereocenters. The number of nitrogens with one attached hydrogen (secondary N) is 1. The Kier molecular flexibility index (Phi) is 8.17. The SMILES string of the molecule is CO[C@@H]1CC[C@@]2(C)[C@H](CC[C@@H]3[C@@H]2C[C@H](OC)[C@]2(C)[C@@H]([C@H](C)CCC(=O)Nc4ccc(Br)cc4)CC[C@@H]32)C1. The molecule has 5 heteroatoms. The summed E-state index contributed by atoms with van der Waals surface area (Å²) in [6, 6.07) is 7.84. The van der Waals surface area contributed by atoms with Gasteiger partial charge in [-0.15, -0.1) is 0 Å². The maximum absolute atomic E-state index is 12.7. The molecule has 1 N–H and O–H groups in total. The van der Waals surface area contributed by atoms with Gasteiger partial charge in [0.15, 0.2) is 0 Å². The number of methoxy groups -OCH3 is 2. The van der Waals surface area contributed by atoms with E-state index in [9.17, 15) is 4.79 Å². The second kappa shape index (κ2) is 10.9. The van der Waals surface area contributed by atoms with Crippen LogP contribution < -0.4 is 5.32 Å². The van der Waals surface area contributed by atoms with Gasteiger partial charge in [0.05, 0.1) is 12.2 Å². The minimum Gasteiger partial charge on any atom is -0.381 e. The monoisotopic (exact) mass is 573 g/mol. The molecule has 0 aliphatic heterocycles. The zero-order valence-corrected chi connectivity index (χ0v) is 25.2. The number of carbonyl (C=O) groups excluding carboxylic acids is 1. The van der Waals surface area contributed by atoms with Crippen LogP contribution in [0.5, 0.6) is 0 Å². The van der Waals surface area contributed by atoms with E-state index in [1.54, 1.807) is 0 Å². The zero-order chi connectivity index (χ0) is 26.4. The van der Waals surface area contributed by atoms with Crippen LogP contribution in [0.2, 0.25) is 0 Å². The van der Waals surface area contributed by atoms with E-state index in [4.69, 9.17) is 9.47 Å². The van der Waals surface area contributed by atoms with Crippen molar-refractivity contribution in [2.45, 2.75) is 97.2 Å². The first-order chi connectivity index (χ1) is 17.7. The van der Waals surface area contributed by atoms with E-state index in [1.165, 1.54) is 51.4 Å². The summed E-state index contributed by atoms with van der Waals surface area (Å²) >= 11 is 3.46. The highest BCUT2D eigenvalue weighted by Gasteiger charge is 2.64. The summed E-state index contributed by atoms with van der Waals surface area (Å²) in [7, 11) is 3.86. The molecule has 0 radical (unpaired) electrons. The minimum absolute atomic E-state index is 0.124. The Morgan fingerprint density at radius 2 is 1.78 bits per heavy atom. The quantitative estimate of drug-likeness (QED) is 0.358. The molecule has 0 bridgehead atoms. The molecule has 206 valence electrons. The molecule has 0 spiro atoms. The van der Waals surface area contributed by atoms with Crippen molar-refractivity contribution in [3.8, 4) is 0 Å². The summed E-state index contributed by atoms with van der Waals surface area (Å²) in [5.74, 6) is 4.42. The van der Waals surface area contributed by atoms with Crippen LogP contribution in [-0.4, -0.2) is 32.3 Å². The molecule has 1 aromatic carbocycles. The highest BCUT2D eigenvalue weighted by molar-refractivity contribution is 9.10. The van der Waals surface area contributed by atoms with Crippen molar-refractivity contribution in [2.75, 3.05) is 19.5 Å². The van der Waals surface area contributed by atoms with E-state index in [0.29, 0.717) is 35.9 Å². The van der Waals surface area contributed by atoms with Gasteiger partial charge in [-0.2, -0.15) is 0 Å². The molecule has 4 saturated carbocycles. The van der Waals surface area contributed by atoms with Crippen molar-refractivity contribution in [1.82, 2.24) is 0 Å². The fourth-order valence-electron chi connectivity index (χ4n) is 10.00. The van der Waals surface area contributed by atoms with Crippen LogP contribution in [0.25, 0.3) is 0 Å². The Morgan fingerprint density at radius 3 is 2.49 bits per heavy atom. The van der Waals surface area contributed by atoms with Gasteiger partial charge in [-0.3, -0.25) is 4.79 Å². The lowest BCUT2D eigenvalue weighted by Gasteiger charge is -2.63. The Bertz CT molecular complexity index is 952. The maximum Gasteiger partial charge on any atom is 0.224 e. The lowest BCUT2D eigenvalue weighted by molar-refractivity contribution is -0.184. The molecule has 37 heavy (non-hydrogen) atoms. The Morgan fingerprint density at radius 1 is 1.03 bits per heavy atom. The van der Waals surface area contributed by atoms with E-state index in [2.05, 4.69) is 42.0 Å². The number of rotatable bonds is 7. The van der Waals surface area contributed by atoms with Crippen molar-refractivity contribution in [2.24, 2.45) is 46.3 Å². The average Bonchev–Trinajstić information content (AvgIpc) is 3.25. The predicted molar refractivity (Wildman–Crippen MR) is 153 cm³/mol. The molecule has 4 fully saturated rings. The summed E-state index contributed by atoms with van der Waals surface area (Å²) in [6.07, 6.45) is 12.7. The lowest BCUT2D eigenvalue weighted by atomic mass is 9.43. The van der Waals surface area contributed by atoms with Gasteiger partial charge >= 0.3 is 0 Å². The van der Waals surface area contributed by atoms with Crippen LogP contribution in [0.1, 0.15) is 85.0 Å². The largest absolute Gasteiger partial charge is 0.381 e. The summed E-state index contributed by atoms with van der Waals surface area (Å²) in [5.41, 5.74) is 1.52. The molecular weight excluding hydrogens is 526 g/mol. The molecule has 5 rings (SSSR count). The van der Waals surface area contributed by atoms with Crippen molar-refractivity contribution in [3.05, 3.63) is 28.7 Å². The van der Waals surface area contributed by atoms with Gasteiger partial charge in [0.1, 0.15) is 0 Å². The van der Waals surface area contributed by atoms with E-state index < -0.39 is 0 Å². The lowest BCUT2D eigenvalue weighted by Crippen LogP contribution is -2.59. The third-order valence-corrected chi connectivity index (χ3v) is 12.6. The van der Waals surface area contributed by atoms with Gasteiger partial charge in [0.25, 0.3) is 0 Å².